The van der Waals surface area contributed by atoms with E-state index in [0.29, 0.717) is 30.9 Å². The number of aromatic nitrogens is 3. The lowest BCUT2D eigenvalue weighted by atomic mass is 9.85. The van der Waals surface area contributed by atoms with Crippen LogP contribution in [-0.4, -0.2) is 51.1 Å². The van der Waals surface area contributed by atoms with Crippen LogP contribution < -0.4 is 5.32 Å². The molecule has 2 aromatic rings. The first kappa shape index (κ1) is 20.8. The number of hydrogen-bond donors (Lipinski definition) is 1. The molecule has 1 unspecified atom stereocenters. The average Bonchev–Trinajstić information content (AvgIpc) is 3.18. The van der Waals surface area contributed by atoms with Crippen molar-refractivity contribution in [2.45, 2.75) is 64.0 Å². The Morgan fingerprint density at radius 2 is 2.13 bits per heavy atom. The number of nitrogens with one attached hydrogen (secondary N) is 1. The Kier molecular flexibility index (Phi) is 5.51. The fraction of sp³-hybridized carbons (Fsp3) is 0.591. The number of carbonyl (C=O) groups is 1. The zero-order valence-electron chi connectivity index (χ0n) is 17.7. The number of halogens is 2. The predicted octanol–water partition coefficient (Wildman–Crippen LogP) is 4.12. The van der Waals surface area contributed by atoms with Crippen LogP contribution in [0, 0.1) is 5.92 Å². The minimum atomic E-state index is -2.49. The van der Waals surface area contributed by atoms with Crippen molar-refractivity contribution in [2.24, 2.45) is 5.92 Å². The van der Waals surface area contributed by atoms with Gasteiger partial charge < -0.3 is 10.2 Å². The smallest absolute Gasteiger partial charge is 0.260 e. The molecule has 162 valence electrons. The van der Waals surface area contributed by atoms with Gasteiger partial charge in [0.1, 0.15) is 11.9 Å². The predicted molar refractivity (Wildman–Crippen MR) is 111 cm³/mol. The van der Waals surface area contributed by atoms with Gasteiger partial charge in [-0.05, 0) is 37.3 Å². The minimum Gasteiger partial charge on any atom is -0.367 e. The normalized spacial score (nSPS) is 24.5. The molecule has 0 aliphatic carbocycles. The minimum absolute atomic E-state index is 0.0471. The summed E-state index contributed by atoms with van der Waals surface area (Å²) in [4.78, 5) is 18.7. The molecular formula is C22H29F2N5O. The maximum atomic E-state index is 13.9. The van der Waals surface area contributed by atoms with E-state index < -0.39 is 12.5 Å². The van der Waals surface area contributed by atoms with E-state index in [1.165, 1.54) is 4.68 Å². The lowest BCUT2D eigenvalue weighted by molar-refractivity contribution is 0.0504. The van der Waals surface area contributed by atoms with Crippen LogP contribution in [0.15, 0.2) is 30.6 Å². The molecule has 30 heavy (non-hydrogen) atoms. The van der Waals surface area contributed by atoms with Gasteiger partial charge in [-0.25, -0.2) is 13.5 Å². The molecule has 4 rings (SSSR count). The first-order valence-corrected chi connectivity index (χ1v) is 10.6. The van der Waals surface area contributed by atoms with Crippen molar-refractivity contribution in [3.63, 3.8) is 0 Å². The number of amides is 1. The molecule has 1 amide bonds. The monoisotopic (exact) mass is 417 g/mol. The number of hydrogen-bond acceptors (Lipinski definition) is 4. The number of pyridine rings is 1. The van der Waals surface area contributed by atoms with E-state index in [1.54, 1.807) is 24.5 Å². The molecule has 4 heterocycles. The van der Waals surface area contributed by atoms with E-state index in [2.05, 4.69) is 15.4 Å². The maximum absolute atomic E-state index is 13.9. The van der Waals surface area contributed by atoms with Gasteiger partial charge in [-0.1, -0.05) is 20.8 Å². The summed E-state index contributed by atoms with van der Waals surface area (Å²) in [6.07, 6.45) is 2.80. The number of nitrogens with zero attached hydrogens (tertiary/aromatic N) is 4. The Bertz CT molecular complexity index is 893. The van der Waals surface area contributed by atoms with Gasteiger partial charge in [-0.2, -0.15) is 5.10 Å². The van der Waals surface area contributed by atoms with Crippen molar-refractivity contribution in [3.05, 3.63) is 41.9 Å². The van der Waals surface area contributed by atoms with Crippen LogP contribution in [0.25, 0.3) is 0 Å². The van der Waals surface area contributed by atoms with Crippen molar-refractivity contribution in [2.75, 3.05) is 18.4 Å². The molecule has 8 heteroatoms. The molecule has 0 radical (unpaired) electrons. The van der Waals surface area contributed by atoms with Gasteiger partial charge in [-0.15, -0.1) is 0 Å². The van der Waals surface area contributed by atoms with E-state index in [0.717, 1.165) is 18.5 Å². The van der Waals surface area contributed by atoms with Gasteiger partial charge in [0.2, 0.25) is 0 Å². The molecule has 1 saturated heterocycles. The second-order valence-corrected chi connectivity index (χ2v) is 9.39. The van der Waals surface area contributed by atoms with Crippen molar-refractivity contribution in [3.8, 4) is 0 Å². The van der Waals surface area contributed by atoms with E-state index in [-0.39, 0.29) is 23.3 Å². The fourth-order valence-corrected chi connectivity index (χ4v) is 4.45. The van der Waals surface area contributed by atoms with Crippen molar-refractivity contribution in [1.29, 1.82) is 0 Å². The summed E-state index contributed by atoms with van der Waals surface area (Å²) < 4.78 is 29.3. The Morgan fingerprint density at radius 1 is 1.33 bits per heavy atom. The maximum Gasteiger partial charge on any atom is 0.260 e. The van der Waals surface area contributed by atoms with Gasteiger partial charge in [0.15, 0.2) is 0 Å². The zero-order chi connectivity index (χ0) is 21.5. The molecule has 3 atom stereocenters. The standard InChI is InChI=1S/C22H29F2N5O/c1-22(2,3)18-11-19-26-16(10-17(20(23)24)29(19)27-18)15-7-5-9-28(13-15)21(30)14-6-4-8-25-12-14/h4,6,8,11-12,15-17,20,26H,5,7,9-10,13H2,1-3H3/t15?,16-,17+/m0/s1. The number of anilines is 1. The van der Waals surface area contributed by atoms with Crippen LogP contribution in [0.2, 0.25) is 0 Å². The first-order valence-electron chi connectivity index (χ1n) is 10.6. The molecule has 2 aliphatic rings. The summed E-state index contributed by atoms with van der Waals surface area (Å²) in [6.45, 7) is 7.32. The van der Waals surface area contributed by atoms with Gasteiger partial charge in [0.25, 0.3) is 12.3 Å². The fourth-order valence-electron chi connectivity index (χ4n) is 4.45. The van der Waals surface area contributed by atoms with Crippen molar-refractivity contribution in [1.82, 2.24) is 19.7 Å². The lowest BCUT2D eigenvalue weighted by Crippen LogP contribution is -2.48. The van der Waals surface area contributed by atoms with E-state index in [1.807, 2.05) is 31.7 Å². The third-order valence-electron chi connectivity index (χ3n) is 6.16. The molecule has 0 bridgehead atoms. The summed E-state index contributed by atoms with van der Waals surface area (Å²) in [6, 6.07) is 4.33. The highest BCUT2D eigenvalue weighted by Gasteiger charge is 2.39. The second kappa shape index (κ2) is 7.96. The Hall–Kier alpha value is -2.51. The summed E-state index contributed by atoms with van der Waals surface area (Å²) in [5.74, 6) is 0.716. The molecule has 2 aliphatic heterocycles. The Balaban J connectivity index is 1.54. The number of likely N-dealkylation sites (tertiary alicyclic amines) is 1. The molecule has 1 N–H and O–H groups in total. The lowest BCUT2D eigenvalue weighted by Gasteiger charge is -2.41. The number of alkyl halides is 2. The molecule has 1 fully saturated rings. The number of piperidine rings is 1. The van der Waals surface area contributed by atoms with Crippen LogP contribution >= 0.6 is 0 Å². The average molecular weight is 418 g/mol. The number of fused-ring (bicyclic) bond motifs is 1. The van der Waals surface area contributed by atoms with Gasteiger partial charge >= 0.3 is 0 Å². The highest BCUT2D eigenvalue weighted by molar-refractivity contribution is 5.93. The van der Waals surface area contributed by atoms with Crippen LogP contribution in [0.3, 0.4) is 0 Å². The summed E-state index contributed by atoms with van der Waals surface area (Å²) in [5, 5.41) is 7.95. The molecular weight excluding hydrogens is 388 g/mol. The summed E-state index contributed by atoms with van der Waals surface area (Å²) in [7, 11) is 0. The molecule has 0 aromatic carbocycles. The summed E-state index contributed by atoms with van der Waals surface area (Å²) in [5.41, 5.74) is 1.15. The third-order valence-corrected chi connectivity index (χ3v) is 6.16. The van der Waals surface area contributed by atoms with Crippen LogP contribution in [0.5, 0.6) is 0 Å². The molecule has 2 aromatic heterocycles. The summed E-state index contributed by atoms with van der Waals surface area (Å²) >= 11 is 0. The van der Waals surface area contributed by atoms with Gasteiger partial charge in [-0.3, -0.25) is 9.78 Å². The largest absolute Gasteiger partial charge is 0.367 e. The van der Waals surface area contributed by atoms with E-state index >= 15 is 0 Å². The first-order chi connectivity index (χ1) is 14.2. The number of rotatable bonds is 3. The highest BCUT2D eigenvalue weighted by Crippen LogP contribution is 2.38. The van der Waals surface area contributed by atoms with Crippen molar-refractivity contribution >= 4 is 11.7 Å². The van der Waals surface area contributed by atoms with Crippen LogP contribution in [0.4, 0.5) is 14.6 Å². The van der Waals surface area contributed by atoms with Crippen LogP contribution in [0.1, 0.15) is 62.1 Å². The highest BCUT2D eigenvalue weighted by atomic mass is 19.3. The zero-order valence-corrected chi connectivity index (χ0v) is 17.7. The van der Waals surface area contributed by atoms with Crippen molar-refractivity contribution < 1.29 is 13.6 Å². The van der Waals surface area contributed by atoms with Crippen LogP contribution in [-0.2, 0) is 5.41 Å². The molecule has 0 saturated carbocycles. The Labute approximate surface area is 175 Å². The number of carbonyl (C=O) groups excluding carboxylic acids is 1. The van der Waals surface area contributed by atoms with E-state index in [4.69, 9.17) is 0 Å². The second-order valence-electron chi connectivity index (χ2n) is 9.39. The third kappa shape index (κ3) is 4.04. The quantitative estimate of drug-likeness (QED) is 0.816. The SMILES string of the molecule is CC(C)(C)c1cc2n(n1)[C@@H](C(F)F)C[C@@H](C1CCCN(C(=O)c3cccnc3)C1)N2. The van der Waals surface area contributed by atoms with E-state index in [9.17, 15) is 13.6 Å². The topological polar surface area (TPSA) is 63.1 Å². The van der Waals surface area contributed by atoms with Gasteiger partial charge in [0.05, 0.1) is 11.3 Å². The Morgan fingerprint density at radius 3 is 2.80 bits per heavy atom. The molecule has 0 spiro atoms. The molecule has 6 nitrogen and oxygen atoms in total. The van der Waals surface area contributed by atoms with Gasteiger partial charge in [0, 0.05) is 43.0 Å².